The zero-order valence-electron chi connectivity index (χ0n) is 15.8. The Morgan fingerprint density at radius 2 is 1.67 bits per heavy atom. The van der Waals surface area contributed by atoms with Crippen molar-refractivity contribution in [2.24, 2.45) is 0 Å². The third-order valence-electron chi connectivity index (χ3n) is 4.86. The normalized spacial score (nSPS) is 15.0. The van der Waals surface area contributed by atoms with Gasteiger partial charge in [0.1, 0.15) is 0 Å². The maximum Gasteiger partial charge on any atom is 0.261 e. The Bertz CT molecular complexity index is 899. The number of piperidine rings is 1. The topological polar surface area (TPSA) is 66.5 Å². The van der Waals surface area contributed by atoms with Crippen LogP contribution >= 0.6 is 0 Å². The summed E-state index contributed by atoms with van der Waals surface area (Å²) >= 11 is 0. The maximum absolute atomic E-state index is 12.7. The summed E-state index contributed by atoms with van der Waals surface area (Å²) < 4.78 is 28.1. The second-order valence-electron chi connectivity index (χ2n) is 7.26. The van der Waals surface area contributed by atoms with E-state index in [-0.39, 0.29) is 10.8 Å². The second kappa shape index (κ2) is 8.13. The zero-order valence-corrected chi connectivity index (χ0v) is 16.6. The highest BCUT2D eigenvalue weighted by Crippen LogP contribution is 2.21. The lowest BCUT2D eigenvalue weighted by molar-refractivity contribution is 0.0724. The van der Waals surface area contributed by atoms with Crippen molar-refractivity contribution in [3.63, 3.8) is 0 Å². The van der Waals surface area contributed by atoms with E-state index in [1.807, 2.05) is 12.1 Å². The molecule has 0 saturated carbocycles. The molecular weight excluding hydrogens is 360 g/mol. The molecule has 1 amide bonds. The summed E-state index contributed by atoms with van der Waals surface area (Å²) in [6.07, 6.45) is 3.13. The molecule has 0 bridgehead atoms. The average molecular weight is 387 g/mol. The molecule has 5 nitrogen and oxygen atoms in total. The van der Waals surface area contributed by atoms with E-state index >= 15 is 0 Å². The van der Waals surface area contributed by atoms with Gasteiger partial charge in [0, 0.05) is 24.3 Å². The van der Waals surface area contributed by atoms with E-state index in [4.69, 9.17) is 0 Å². The molecule has 0 atom stereocenters. The van der Waals surface area contributed by atoms with Crippen LogP contribution < -0.4 is 4.72 Å². The number of anilines is 1. The van der Waals surface area contributed by atoms with Crippen LogP contribution in [0.5, 0.6) is 0 Å². The zero-order chi connectivity index (χ0) is 19.4. The molecule has 3 rings (SSSR count). The van der Waals surface area contributed by atoms with Crippen molar-refractivity contribution >= 4 is 21.6 Å². The molecule has 0 radical (unpaired) electrons. The second-order valence-corrected chi connectivity index (χ2v) is 8.95. The monoisotopic (exact) mass is 386 g/mol. The number of likely N-dealkylation sites (tertiary alicyclic amines) is 1. The number of carbonyl (C=O) groups excluding carboxylic acids is 1. The smallest absolute Gasteiger partial charge is 0.261 e. The first kappa shape index (κ1) is 19.4. The lowest BCUT2D eigenvalue weighted by atomic mass is 10.0. The molecular formula is C21H26N2O3S. The van der Waals surface area contributed by atoms with Crippen molar-refractivity contribution in [1.82, 2.24) is 4.90 Å². The van der Waals surface area contributed by atoms with Crippen molar-refractivity contribution < 1.29 is 13.2 Å². The first-order valence-electron chi connectivity index (χ1n) is 9.39. The van der Waals surface area contributed by atoms with Gasteiger partial charge >= 0.3 is 0 Å². The van der Waals surface area contributed by atoms with E-state index in [1.54, 1.807) is 29.2 Å². The van der Waals surface area contributed by atoms with Crippen LogP contribution in [0.25, 0.3) is 0 Å². The number of rotatable bonds is 5. The van der Waals surface area contributed by atoms with Crippen LogP contribution in [0.4, 0.5) is 5.69 Å². The quantitative estimate of drug-likeness (QED) is 0.836. The molecule has 0 aromatic heterocycles. The summed E-state index contributed by atoms with van der Waals surface area (Å²) in [5.74, 6) is 0.279. The summed E-state index contributed by atoms with van der Waals surface area (Å²) in [4.78, 5) is 14.5. The third-order valence-corrected chi connectivity index (χ3v) is 6.24. The van der Waals surface area contributed by atoms with Crippen LogP contribution in [0.15, 0.2) is 53.4 Å². The van der Waals surface area contributed by atoms with Gasteiger partial charge in [-0.3, -0.25) is 9.52 Å². The van der Waals surface area contributed by atoms with Crippen LogP contribution in [-0.4, -0.2) is 32.3 Å². The molecule has 144 valence electrons. The molecule has 1 N–H and O–H groups in total. The number of nitrogens with one attached hydrogen (secondary N) is 1. The first-order valence-corrected chi connectivity index (χ1v) is 10.9. The van der Waals surface area contributed by atoms with Gasteiger partial charge in [-0.25, -0.2) is 8.42 Å². The van der Waals surface area contributed by atoms with Crippen molar-refractivity contribution in [3.05, 3.63) is 59.7 Å². The fourth-order valence-corrected chi connectivity index (χ4v) is 4.33. The van der Waals surface area contributed by atoms with E-state index in [9.17, 15) is 13.2 Å². The van der Waals surface area contributed by atoms with E-state index in [2.05, 4.69) is 18.6 Å². The van der Waals surface area contributed by atoms with E-state index in [1.165, 1.54) is 12.1 Å². The molecule has 0 unspecified atom stereocenters. The summed E-state index contributed by atoms with van der Waals surface area (Å²) in [7, 11) is -3.75. The van der Waals surface area contributed by atoms with E-state index < -0.39 is 10.0 Å². The number of nitrogens with zero attached hydrogens (tertiary/aromatic N) is 1. The minimum absolute atomic E-state index is 0.0956. The predicted molar refractivity (Wildman–Crippen MR) is 108 cm³/mol. The van der Waals surface area contributed by atoms with Crippen molar-refractivity contribution in [2.75, 3.05) is 17.8 Å². The van der Waals surface area contributed by atoms with Crippen molar-refractivity contribution in [3.8, 4) is 0 Å². The molecule has 0 spiro atoms. The van der Waals surface area contributed by atoms with Crippen LogP contribution in [-0.2, 0) is 10.0 Å². The largest absolute Gasteiger partial charge is 0.339 e. The number of benzene rings is 2. The van der Waals surface area contributed by atoms with Gasteiger partial charge in [0.15, 0.2) is 0 Å². The molecule has 1 heterocycles. The summed E-state index contributed by atoms with van der Waals surface area (Å²) in [6, 6.07) is 13.6. The Morgan fingerprint density at radius 3 is 2.30 bits per heavy atom. The van der Waals surface area contributed by atoms with E-state index in [0.717, 1.165) is 37.9 Å². The van der Waals surface area contributed by atoms with Gasteiger partial charge in [-0.05, 0) is 61.1 Å². The highest BCUT2D eigenvalue weighted by molar-refractivity contribution is 7.92. The molecule has 1 fully saturated rings. The minimum atomic E-state index is -3.75. The van der Waals surface area contributed by atoms with Gasteiger partial charge in [-0.15, -0.1) is 0 Å². The lowest BCUT2D eigenvalue weighted by Gasteiger charge is -2.26. The Morgan fingerprint density at radius 1 is 1.00 bits per heavy atom. The molecule has 2 aromatic rings. The van der Waals surface area contributed by atoms with Crippen LogP contribution in [0, 0.1) is 0 Å². The number of carbonyl (C=O) groups is 1. The van der Waals surface area contributed by atoms with Crippen LogP contribution in [0.3, 0.4) is 0 Å². The number of amides is 1. The van der Waals surface area contributed by atoms with Crippen molar-refractivity contribution in [1.29, 1.82) is 0 Å². The Hall–Kier alpha value is -2.34. The van der Waals surface area contributed by atoms with Gasteiger partial charge in [0.2, 0.25) is 0 Å². The first-order chi connectivity index (χ1) is 12.9. The molecule has 1 saturated heterocycles. The van der Waals surface area contributed by atoms with Gasteiger partial charge in [0.25, 0.3) is 15.9 Å². The van der Waals surface area contributed by atoms with Crippen LogP contribution in [0.1, 0.15) is 54.9 Å². The van der Waals surface area contributed by atoms with Gasteiger partial charge < -0.3 is 4.90 Å². The van der Waals surface area contributed by atoms with Gasteiger partial charge in [0.05, 0.1) is 4.90 Å². The fourth-order valence-electron chi connectivity index (χ4n) is 3.23. The lowest BCUT2D eigenvalue weighted by Crippen LogP contribution is -2.35. The number of hydrogen-bond donors (Lipinski definition) is 1. The van der Waals surface area contributed by atoms with E-state index in [0.29, 0.717) is 17.2 Å². The molecule has 1 aliphatic heterocycles. The molecule has 6 heteroatoms. The summed E-state index contributed by atoms with van der Waals surface area (Å²) in [5.41, 5.74) is 2.06. The highest BCUT2D eigenvalue weighted by Gasteiger charge is 2.21. The van der Waals surface area contributed by atoms with Gasteiger partial charge in [-0.2, -0.15) is 0 Å². The molecule has 0 aliphatic carbocycles. The summed E-state index contributed by atoms with van der Waals surface area (Å²) in [6.45, 7) is 5.64. The Labute approximate surface area is 161 Å². The van der Waals surface area contributed by atoms with Gasteiger partial charge in [-0.1, -0.05) is 32.0 Å². The standard InChI is InChI=1S/C21H26N2O3S/c1-16(2)17-9-11-19(12-10-17)22-27(25,26)20-8-6-7-18(15-20)21(24)23-13-4-3-5-14-23/h6-12,15-16,22H,3-5,13-14H2,1-2H3. The SMILES string of the molecule is CC(C)c1ccc(NS(=O)(=O)c2cccc(C(=O)N3CCCCC3)c2)cc1. The fraction of sp³-hybridized carbons (Fsp3) is 0.381. The number of hydrogen-bond acceptors (Lipinski definition) is 3. The number of sulfonamides is 1. The Balaban J connectivity index is 1.79. The van der Waals surface area contributed by atoms with Crippen molar-refractivity contribution in [2.45, 2.75) is 43.9 Å². The third kappa shape index (κ3) is 4.69. The summed E-state index contributed by atoms with van der Waals surface area (Å²) in [5, 5.41) is 0. The highest BCUT2D eigenvalue weighted by atomic mass is 32.2. The minimum Gasteiger partial charge on any atom is -0.339 e. The molecule has 27 heavy (non-hydrogen) atoms. The Kier molecular flexibility index (Phi) is 5.85. The maximum atomic E-state index is 12.7. The molecule has 1 aliphatic rings. The predicted octanol–water partition coefficient (Wildman–Crippen LogP) is 4.24. The van der Waals surface area contributed by atoms with Crippen LogP contribution in [0.2, 0.25) is 0 Å². The molecule has 2 aromatic carbocycles. The average Bonchev–Trinajstić information content (AvgIpc) is 2.68.